The highest BCUT2D eigenvalue weighted by atomic mass is 16.3. The monoisotopic (exact) mass is 191 g/mol. The molecule has 0 amide bonds. The fourth-order valence-corrected chi connectivity index (χ4v) is 1.41. The molecule has 0 spiro atoms. The molecular weight excluding hydrogens is 178 g/mol. The van der Waals surface area contributed by atoms with E-state index < -0.39 is 0 Å². The van der Waals surface area contributed by atoms with Crippen LogP contribution in [-0.2, 0) is 6.54 Å². The van der Waals surface area contributed by atoms with Crippen molar-refractivity contribution in [2.75, 3.05) is 13.2 Å². The topological polar surface area (TPSA) is 60.9 Å². The molecule has 0 atom stereocenters. The Morgan fingerprint density at radius 2 is 2.43 bits per heavy atom. The van der Waals surface area contributed by atoms with Crippen LogP contribution < -0.4 is 5.32 Å². The smallest absolute Gasteiger partial charge is 0.137 e. The molecule has 0 aliphatic rings. The summed E-state index contributed by atoms with van der Waals surface area (Å²) >= 11 is 0. The molecule has 14 heavy (non-hydrogen) atoms. The van der Waals surface area contributed by atoms with Crippen LogP contribution >= 0.6 is 0 Å². The van der Waals surface area contributed by atoms with Gasteiger partial charge in [0.05, 0.1) is 6.61 Å². The van der Waals surface area contributed by atoms with Gasteiger partial charge in [-0.3, -0.25) is 0 Å². The molecule has 2 aromatic heterocycles. The van der Waals surface area contributed by atoms with E-state index in [-0.39, 0.29) is 6.61 Å². The third kappa shape index (κ3) is 1.92. The minimum absolute atomic E-state index is 0.165. The van der Waals surface area contributed by atoms with Crippen molar-refractivity contribution in [1.29, 1.82) is 0 Å². The van der Waals surface area contributed by atoms with Gasteiger partial charge in [-0.1, -0.05) is 0 Å². The zero-order valence-electron chi connectivity index (χ0n) is 7.83. The summed E-state index contributed by atoms with van der Waals surface area (Å²) in [6.45, 7) is 1.51. The number of hydrogen-bond acceptors (Lipinski definition) is 3. The van der Waals surface area contributed by atoms with Crippen molar-refractivity contribution in [2.45, 2.75) is 6.54 Å². The van der Waals surface area contributed by atoms with E-state index in [1.165, 1.54) is 0 Å². The minimum atomic E-state index is 0.165. The molecule has 74 valence electrons. The zero-order valence-corrected chi connectivity index (χ0v) is 7.83. The van der Waals surface area contributed by atoms with Gasteiger partial charge >= 0.3 is 0 Å². The van der Waals surface area contributed by atoms with Gasteiger partial charge in [-0.05, 0) is 18.2 Å². The van der Waals surface area contributed by atoms with Crippen LogP contribution in [0, 0.1) is 0 Å². The molecule has 0 saturated carbocycles. The molecule has 3 N–H and O–H groups in total. The molecule has 4 heteroatoms. The van der Waals surface area contributed by atoms with Crippen LogP contribution in [-0.4, -0.2) is 28.2 Å². The number of aliphatic hydroxyl groups is 1. The fourth-order valence-electron chi connectivity index (χ4n) is 1.41. The van der Waals surface area contributed by atoms with E-state index in [0.717, 1.165) is 23.3 Å². The van der Waals surface area contributed by atoms with Gasteiger partial charge in [0, 0.05) is 30.4 Å². The SMILES string of the molecule is OCCNCc1cc2cccnc2[nH]1. The lowest BCUT2D eigenvalue weighted by Crippen LogP contribution is -2.17. The maximum Gasteiger partial charge on any atom is 0.137 e. The van der Waals surface area contributed by atoms with E-state index in [1.54, 1.807) is 6.20 Å². The molecule has 0 saturated heterocycles. The van der Waals surface area contributed by atoms with Gasteiger partial charge in [-0.25, -0.2) is 4.98 Å². The molecule has 0 aromatic carbocycles. The quantitative estimate of drug-likeness (QED) is 0.622. The highest BCUT2D eigenvalue weighted by Gasteiger charge is 1.99. The van der Waals surface area contributed by atoms with Crippen molar-refractivity contribution in [1.82, 2.24) is 15.3 Å². The predicted octanol–water partition coefficient (Wildman–Crippen LogP) is 0.645. The first-order valence-corrected chi connectivity index (χ1v) is 4.64. The Morgan fingerprint density at radius 1 is 1.50 bits per heavy atom. The second-order valence-corrected chi connectivity index (χ2v) is 3.14. The second kappa shape index (κ2) is 4.21. The number of aromatic nitrogens is 2. The van der Waals surface area contributed by atoms with Crippen molar-refractivity contribution < 1.29 is 5.11 Å². The lowest BCUT2D eigenvalue weighted by atomic mass is 10.3. The zero-order chi connectivity index (χ0) is 9.80. The first kappa shape index (κ1) is 9.18. The molecular formula is C10H13N3O. The van der Waals surface area contributed by atoms with E-state index >= 15 is 0 Å². The van der Waals surface area contributed by atoms with Gasteiger partial charge in [-0.2, -0.15) is 0 Å². The molecule has 0 fully saturated rings. The number of nitrogens with zero attached hydrogens (tertiary/aromatic N) is 1. The van der Waals surface area contributed by atoms with Crippen molar-refractivity contribution in [2.24, 2.45) is 0 Å². The van der Waals surface area contributed by atoms with Crippen LogP contribution in [0.2, 0.25) is 0 Å². The summed E-state index contributed by atoms with van der Waals surface area (Å²) < 4.78 is 0. The van der Waals surface area contributed by atoms with E-state index in [4.69, 9.17) is 5.11 Å². The summed E-state index contributed by atoms with van der Waals surface area (Å²) in [5.74, 6) is 0. The van der Waals surface area contributed by atoms with Gasteiger partial charge in [0.2, 0.25) is 0 Å². The largest absolute Gasteiger partial charge is 0.395 e. The molecule has 0 bridgehead atoms. The summed E-state index contributed by atoms with van der Waals surface area (Å²) in [6.07, 6.45) is 1.77. The van der Waals surface area contributed by atoms with Crippen LogP contribution in [0.1, 0.15) is 5.69 Å². The molecule has 4 nitrogen and oxygen atoms in total. The summed E-state index contributed by atoms with van der Waals surface area (Å²) in [5, 5.41) is 12.8. The average molecular weight is 191 g/mol. The van der Waals surface area contributed by atoms with Gasteiger partial charge in [0.25, 0.3) is 0 Å². The second-order valence-electron chi connectivity index (χ2n) is 3.14. The number of rotatable bonds is 4. The van der Waals surface area contributed by atoms with Crippen LogP contribution in [0.4, 0.5) is 0 Å². The lowest BCUT2D eigenvalue weighted by Gasteiger charge is -1.98. The lowest BCUT2D eigenvalue weighted by molar-refractivity contribution is 0.292. The summed E-state index contributed by atoms with van der Waals surface area (Å²) in [7, 11) is 0. The Kier molecular flexibility index (Phi) is 2.76. The van der Waals surface area contributed by atoms with E-state index in [2.05, 4.69) is 21.4 Å². The van der Waals surface area contributed by atoms with Crippen molar-refractivity contribution in [3.63, 3.8) is 0 Å². The predicted molar refractivity (Wildman–Crippen MR) is 54.9 cm³/mol. The molecule has 0 radical (unpaired) electrons. The van der Waals surface area contributed by atoms with Crippen LogP contribution in [0.5, 0.6) is 0 Å². The average Bonchev–Trinajstić information content (AvgIpc) is 2.60. The Balaban J connectivity index is 2.11. The molecule has 2 rings (SSSR count). The van der Waals surface area contributed by atoms with Crippen LogP contribution in [0.25, 0.3) is 11.0 Å². The molecule has 0 unspecified atom stereocenters. The fraction of sp³-hybridized carbons (Fsp3) is 0.300. The highest BCUT2D eigenvalue weighted by molar-refractivity contribution is 5.76. The number of aliphatic hydroxyl groups excluding tert-OH is 1. The maximum atomic E-state index is 8.60. The van der Waals surface area contributed by atoms with Crippen molar-refractivity contribution >= 4 is 11.0 Å². The van der Waals surface area contributed by atoms with E-state index in [0.29, 0.717) is 6.54 Å². The molecule has 0 aliphatic carbocycles. The molecule has 2 aromatic rings. The first-order valence-electron chi connectivity index (χ1n) is 4.64. The molecule has 0 aliphatic heterocycles. The van der Waals surface area contributed by atoms with Gasteiger partial charge < -0.3 is 15.4 Å². The summed E-state index contributed by atoms with van der Waals surface area (Å²) in [5.41, 5.74) is 2.00. The van der Waals surface area contributed by atoms with Crippen LogP contribution in [0.15, 0.2) is 24.4 Å². The highest BCUT2D eigenvalue weighted by Crippen LogP contribution is 2.11. The summed E-state index contributed by atoms with van der Waals surface area (Å²) in [4.78, 5) is 7.40. The minimum Gasteiger partial charge on any atom is -0.395 e. The normalized spacial score (nSPS) is 10.9. The Morgan fingerprint density at radius 3 is 3.21 bits per heavy atom. The van der Waals surface area contributed by atoms with Gasteiger partial charge in [0.15, 0.2) is 0 Å². The number of H-pyrrole nitrogens is 1. The number of pyridine rings is 1. The van der Waals surface area contributed by atoms with Gasteiger partial charge in [0.1, 0.15) is 5.65 Å². The Hall–Kier alpha value is -1.39. The third-order valence-corrected chi connectivity index (χ3v) is 2.05. The Bertz CT molecular complexity index is 377. The Labute approximate surface area is 82.0 Å². The van der Waals surface area contributed by atoms with Crippen molar-refractivity contribution in [3.8, 4) is 0 Å². The standard InChI is InChI=1S/C10H13N3O/c14-5-4-11-7-9-6-8-2-1-3-12-10(8)13-9/h1-3,6,11,14H,4-5,7H2,(H,12,13). The third-order valence-electron chi connectivity index (χ3n) is 2.05. The van der Waals surface area contributed by atoms with Crippen molar-refractivity contribution in [3.05, 3.63) is 30.1 Å². The van der Waals surface area contributed by atoms with Crippen LogP contribution in [0.3, 0.4) is 0 Å². The number of aromatic amines is 1. The van der Waals surface area contributed by atoms with E-state index in [9.17, 15) is 0 Å². The first-order chi connectivity index (χ1) is 6.90. The number of nitrogens with one attached hydrogen (secondary N) is 2. The maximum absolute atomic E-state index is 8.60. The van der Waals surface area contributed by atoms with E-state index in [1.807, 2.05) is 12.1 Å². The van der Waals surface area contributed by atoms with Gasteiger partial charge in [-0.15, -0.1) is 0 Å². The number of hydrogen-bond donors (Lipinski definition) is 3. The molecule has 2 heterocycles. The summed E-state index contributed by atoms with van der Waals surface area (Å²) in [6, 6.07) is 6.00. The number of fused-ring (bicyclic) bond motifs is 1.